The molecule has 0 spiro atoms. The van der Waals surface area contributed by atoms with Crippen LogP contribution in [-0.4, -0.2) is 14.6 Å². The molecule has 26 heavy (non-hydrogen) atoms. The summed E-state index contributed by atoms with van der Waals surface area (Å²) in [5, 5.41) is 8.53. The molecule has 0 unspecified atom stereocenters. The van der Waals surface area contributed by atoms with E-state index in [2.05, 4.69) is 15.4 Å². The lowest BCUT2D eigenvalue weighted by Crippen LogP contribution is -2.02. The van der Waals surface area contributed by atoms with E-state index >= 15 is 0 Å². The Bertz CT molecular complexity index is 1130. The van der Waals surface area contributed by atoms with E-state index < -0.39 is 0 Å². The summed E-state index contributed by atoms with van der Waals surface area (Å²) < 4.78 is 1.85. The van der Waals surface area contributed by atoms with Gasteiger partial charge in [0.05, 0.1) is 17.4 Å². The summed E-state index contributed by atoms with van der Waals surface area (Å²) in [6, 6.07) is 17.4. The summed E-state index contributed by atoms with van der Waals surface area (Å²) >= 11 is 6.12. The monoisotopic (exact) mass is 364 g/mol. The van der Waals surface area contributed by atoms with Gasteiger partial charge in [-0.3, -0.25) is 0 Å². The number of anilines is 2. The van der Waals surface area contributed by atoms with E-state index in [4.69, 9.17) is 21.4 Å². The molecule has 0 saturated heterocycles. The van der Waals surface area contributed by atoms with Crippen LogP contribution < -0.4 is 10.2 Å². The minimum atomic E-state index is 0.432. The predicted octanol–water partition coefficient (Wildman–Crippen LogP) is 4.62. The molecule has 1 aliphatic rings. The van der Waals surface area contributed by atoms with Gasteiger partial charge < -0.3 is 10.2 Å². The van der Waals surface area contributed by atoms with Gasteiger partial charge in [-0.25, -0.2) is 9.50 Å². The highest BCUT2D eigenvalue weighted by atomic mass is 35.5. The SMILES string of the molecule is Clc1cccc(-c2ccc3cnc(Nc4ccc5c(c4)COO5)nn23)c1. The fraction of sp³-hybridized carbons (Fsp3) is 0.0526. The number of aromatic nitrogens is 3. The van der Waals surface area contributed by atoms with Crippen LogP contribution in [0, 0.1) is 0 Å². The highest BCUT2D eigenvalue weighted by molar-refractivity contribution is 6.30. The summed E-state index contributed by atoms with van der Waals surface area (Å²) in [4.78, 5) is 14.4. The molecular weight excluding hydrogens is 352 g/mol. The molecule has 4 aromatic rings. The number of hydrogen-bond donors (Lipinski definition) is 1. The fourth-order valence-electron chi connectivity index (χ4n) is 2.96. The van der Waals surface area contributed by atoms with Crippen LogP contribution in [0.15, 0.2) is 60.8 Å². The molecule has 0 bridgehead atoms. The number of fused-ring (bicyclic) bond motifs is 2. The molecule has 0 fully saturated rings. The molecule has 0 amide bonds. The maximum atomic E-state index is 6.12. The average Bonchev–Trinajstić information content (AvgIpc) is 3.27. The molecule has 0 radical (unpaired) electrons. The molecule has 0 aliphatic carbocycles. The van der Waals surface area contributed by atoms with Crippen molar-refractivity contribution < 1.29 is 9.78 Å². The van der Waals surface area contributed by atoms with Gasteiger partial charge in [0.15, 0.2) is 5.75 Å². The standard InChI is InChI=1S/C19H13ClN4O2/c20-14-3-1-2-12(8-14)17-6-5-16-10-21-19(23-24(16)17)22-15-4-7-18-13(9-15)11-25-26-18/h1-10H,11H2,(H,22,23). The lowest BCUT2D eigenvalue weighted by Gasteiger charge is -2.08. The van der Waals surface area contributed by atoms with E-state index in [9.17, 15) is 0 Å². The van der Waals surface area contributed by atoms with Gasteiger partial charge in [0.2, 0.25) is 5.95 Å². The van der Waals surface area contributed by atoms with Gasteiger partial charge in [0.25, 0.3) is 0 Å². The zero-order valence-corrected chi connectivity index (χ0v) is 14.3. The summed E-state index contributed by atoms with van der Waals surface area (Å²) in [6.45, 7) is 0.432. The molecule has 7 heteroatoms. The average molecular weight is 365 g/mol. The Morgan fingerprint density at radius 1 is 1.08 bits per heavy atom. The van der Waals surface area contributed by atoms with Gasteiger partial charge in [0.1, 0.15) is 6.61 Å². The largest absolute Gasteiger partial charge is 0.337 e. The van der Waals surface area contributed by atoms with Crippen molar-refractivity contribution in [1.82, 2.24) is 14.6 Å². The molecule has 1 N–H and O–H groups in total. The van der Waals surface area contributed by atoms with Gasteiger partial charge in [0, 0.05) is 21.8 Å². The van der Waals surface area contributed by atoms with E-state index in [1.807, 2.05) is 59.1 Å². The zero-order chi connectivity index (χ0) is 17.5. The minimum Gasteiger partial charge on any atom is -0.337 e. The normalized spacial score (nSPS) is 12.8. The van der Waals surface area contributed by atoms with E-state index in [0.717, 1.165) is 33.8 Å². The third-order valence-electron chi connectivity index (χ3n) is 4.20. The van der Waals surface area contributed by atoms with E-state index in [1.54, 1.807) is 6.20 Å². The topological polar surface area (TPSA) is 60.7 Å². The second-order valence-corrected chi connectivity index (χ2v) is 6.38. The molecule has 0 atom stereocenters. The Morgan fingerprint density at radius 2 is 2.04 bits per heavy atom. The molecule has 2 aromatic heterocycles. The van der Waals surface area contributed by atoms with Crippen molar-refractivity contribution in [3.05, 3.63) is 71.4 Å². The highest BCUT2D eigenvalue weighted by Gasteiger charge is 2.14. The van der Waals surface area contributed by atoms with Crippen molar-refractivity contribution >= 4 is 28.8 Å². The summed E-state index contributed by atoms with van der Waals surface area (Å²) in [5.74, 6) is 1.23. The smallest absolute Gasteiger partial charge is 0.245 e. The van der Waals surface area contributed by atoms with Crippen molar-refractivity contribution in [1.29, 1.82) is 0 Å². The van der Waals surface area contributed by atoms with E-state index in [0.29, 0.717) is 17.6 Å². The molecule has 3 heterocycles. The van der Waals surface area contributed by atoms with Crippen LogP contribution in [0.5, 0.6) is 5.75 Å². The van der Waals surface area contributed by atoms with Crippen molar-refractivity contribution in [3.8, 4) is 17.0 Å². The number of nitrogens with zero attached hydrogens (tertiary/aromatic N) is 3. The van der Waals surface area contributed by atoms with Crippen molar-refractivity contribution in [2.75, 3.05) is 5.32 Å². The Labute approximate surface area is 153 Å². The molecule has 0 saturated carbocycles. The van der Waals surface area contributed by atoms with Crippen LogP contribution >= 0.6 is 11.6 Å². The van der Waals surface area contributed by atoms with Gasteiger partial charge in [-0.1, -0.05) is 23.7 Å². The predicted molar refractivity (Wildman–Crippen MR) is 98.6 cm³/mol. The first kappa shape index (κ1) is 15.2. The van der Waals surface area contributed by atoms with Gasteiger partial charge in [-0.2, -0.15) is 4.89 Å². The molecule has 6 nitrogen and oxygen atoms in total. The van der Waals surface area contributed by atoms with Gasteiger partial charge in [-0.15, -0.1) is 5.10 Å². The molecule has 5 rings (SSSR count). The van der Waals surface area contributed by atoms with Crippen LogP contribution in [0.3, 0.4) is 0 Å². The third-order valence-corrected chi connectivity index (χ3v) is 4.43. The third kappa shape index (κ3) is 2.65. The van der Waals surface area contributed by atoms with Crippen LogP contribution in [0.2, 0.25) is 5.02 Å². The Kier molecular flexibility index (Phi) is 3.51. The minimum absolute atomic E-state index is 0.432. The quantitative estimate of drug-likeness (QED) is 0.537. The summed E-state index contributed by atoms with van der Waals surface area (Å²) in [6.07, 6.45) is 1.78. The lowest BCUT2D eigenvalue weighted by molar-refractivity contribution is -0.194. The summed E-state index contributed by atoms with van der Waals surface area (Å²) in [7, 11) is 0. The maximum absolute atomic E-state index is 6.12. The number of benzene rings is 2. The number of halogens is 1. The van der Waals surface area contributed by atoms with Crippen LogP contribution in [0.25, 0.3) is 16.8 Å². The Balaban J connectivity index is 1.52. The first-order chi connectivity index (χ1) is 12.8. The number of rotatable bonds is 3. The first-order valence-corrected chi connectivity index (χ1v) is 8.44. The molecular formula is C19H13ClN4O2. The maximum Gasteiger partial charge on any atom is 0.245 e. The number of hydrogen-bond acceptors (Lipinski definition) is 5. The molecule has 2 aromatic carbocycles. The Morgan fingerprint density at radius 3 is 2.96 bits per heavy atom. The van der Waals surface area contributed by atoms with Crippen molar-refractivity contribution in [3.63, 3.8) is 0 Å². The van der Waals surface area contributed by atoms with E-state index in [1.165, 1.54) is 0 Å². The number of nitrogens with one attached hydrogen (secondary N) is 1. The first-order valence-electron chi connectivity index (χ1n) is 8.06. The zero-order valence-electron chi connectivity index (χ0n) is 13.5. The van der Waals surface area contributed by atoms with E-state index in [-0.39, 0.29) is 0 Å². The second kappa shape index (κ2) is 6.01. The van der Waals surface area contributed by atoms with Crippen molar-refractivity contribution in [2.45, 2.75) is 6.61 Å². The van der Waals surface area contributed by atoms with Crippen LogP contribution in [0.1, 0.15) is 5.56 Å². The highest BCUT2D eigenvalue weighted by Crippen LogP contribution is 2.30. The second-order valence-electron chi connectivity index (χ2n) is 5.94. The molecule has 128 valence electrons. The van der Waals surface area contributed by atoms with Crippen LogP contribution in [-0.2, 0) is 11.5 Å². The lowest BCUT2D eigenvalue weighted by atomic mass is 10.2. The fourth-order valence-corrected chi connectivity index (χ4v) is 3.15. The molecule has 1 aliphatic heterocycles. The Hall–Kier alpha value is -3.09. The van der Waals surface area contributed by atoms with Gasteiger partial charge in [-0.05, 0) is 42.5 Å². The van der Waals surface area contributed by atoms with Crippen LogP contribution in [0.4, 0.5) is 11.6 Å². The van der Waals surface area contributed by atoms with Gasteiger partial charge >= 0.3 is 0 Å². The van der Waals surface area contributed by atoms with Crippen molar-refractivity contribution in [2.24, 2.45) is 0 Å². The summed E-state index contributed by atoms with van der Waals surface area (Å²) in [5.41, 5.74) is 4.70.